The molecule has 2 bridgehead atoms. The average Bonchev–Trinajstić information content (AvgIpc) is 3.11. The van der Waals surface area contributed by atoms with Gasteiger partial charge in [-0.2, -0.15) is 5.10 Å². The quantitative estimate of drug-likeness (QED) is 0.683. The Labute approximate surface area is 183 Å². The lowest BCUT2D eigenvalue weighted by molar-refractivity contribution is 0.0462. The van der Waals surface area contributed by atoms with E-state index in [1.807, 2.05) is 55.6 Å². The first kappa shape index (κ1) is 20.1. The zero-order valence-electron chi connectivity index (χ0n) is 18.3. The molecule has 2 fully saturated rings. The molecule has 1 N–H and O–H groups in total. The Bertz CT molecular complexity index is 1060. The van der Waals surface area contributed by atoms with Gasteiger partial charge < -0.3 is 15.0 Å². The van der Waals surface area contributed by atoms with Crippen LogP contribution in [0.3, 0.4) is 0 Å². The minimum Gasteiger partial charge on any atom is -0.488 e. The summed E-state index contributed by atoms with van der Waals surface area (Å²) in [6, 6.07) is 17.3. The first-order chi connectivity index (χ1) is 15.1. The van der Waals surface area contributed by atoms with E-state index in [-0.39, 0.29) is 11.9 Å². The molecule has 1 aromatic heterocycles. The largest absolute Gasteiger partial charge is 0.488 e. The van der Waals surface area contributed by atoms with Crippen molar-refractivity contribution in [1.29, 1.82) is 0 Å². The number of piperidine rings is 2. The molecule has 31 heavy (non-hydrogen) atoms. The molecule has 3 atom stereocenters. The number of nitrogens with zero attached hydrogens (tertiary/aromatic N) is 3. The first-order valence-corrected chi connectivity index (χ1v) is 11.3. The van der Waals surface area contributed by atoms with E-state index < -0.39 is 0 Å². The number of fused-ring (bicyclic) bond motifs is 3. The van der Waals surface area contributed by atoms with Crippen LogP contribution in [-0.2, 0) is 13.7 Å². The third kappa shape index (κ3) is 3.92. The molecule has 0 radical (unpaired) electrons. The first-order valence-electron chi connectivity index (χ1n) is 11.3. The highest BCUT2D eigenvalue weighted by atomic mass is 16.5. The lowest BCUT2D eigenvalue weighted by Crippen LogP contribution is -2.55. The molecule has 1 amide bonds. The molecule has 2 saturated heterocycles. The molecule has 2 aliphatic rings. The lowest BCUT2D eigenvalue weighted by atomic mass is 9.82. The molecule has 0 saturated carbocycles. The number of carbonyl (C=O) groups is 1. The van der Waals surface area contributed by atoms with E-state index in [1.165, 1.54) is 19.3 Å². The van der Waals surface area contributed by atoms with Crippen LogP contribution in [0.2, 0.25) is 0 Å². The summed E-state index contributed by atoms with van der Waals surface area (Å²) in [4.78, 5) is 15.8. The molecule has 5 rings (SSSR count). The van der Waals surface area contributed by atoms with Crippen LogP contribution in [-0.4, -0.2) is 45.8 Å². The second-order valence-corrected chi connectivity index (χ2v) is 8.94. The molecule has 0 aliphatic carbocycles. The van der Waals surface area contributed by atoms with E-state index in [9.17, 15) is 4.79 Å². The standard InChI is InChI=1S/C25H30N4O2/c1-28-19-10-6-11-20(28)15-18(14-19)26-25(30)24-23-21(29(2)27-24)12-7-13-22(23)31-16-17-8-4-3-5-9-17/h3-5,7-9,12-13,18-20H,6,10-11,14-16H2,1-2H3,(H,26,30)/t18?,19-,20+. The number of benzene rings is 2. The normalized spacial score (nSPS) is 23.6. The second kappa shape index (κ2) is 8.35. The summed E-state index contributed by atoms with van der Waals surface area (Å²) in [5, 5.41) is 8.65. The van der Waals surface area contributed by atoms with Gasteiger partial charge in [0.05, 0.1) is 10.9 Å². The van der Waals surface area contributed by atoms with Crippen molar-refractivity contribution in [3.05, 3.63) is 59.8 Å². The summed E-state index contributed by atoms with van der Waals surface area (Å²) in [6.45, 7) is 0.453. The number of hydrogen-bond acceptors (Lipinski definition) is 4. The van der Waals surface area contributed by atoms with Crippen LogP contribution in [0.1, 0.15) is 48.2 Å². The predicted molar refractivity (Wildman–Crippen MR) is 121 cm³/mol. The number of hydrogen-bond donors (Lipinski definition) is 1. The zero-order valence-corrected chi connectivity index (χ0v) is 18.3. The van der Waals surface area contributed by atoms with Crippen molar-refractivity contribution in [3.63, 3.8) is 0 Å². The highest BCUT2D eigenvalue weighted by molar-refractivity contribution is 6.07. The fourth-order valence-corrected chi connectivity index (χ4v) is 5.28. The Morgan fingerprint density at radius 1 is 1.06 bits per heavy atom. The maximum Gasteiger partial charge on any atom is 0.272 e. The summed E-state index contributed by atoms with van der Waals surface area (Å²) in [6.07, 6.45) is 5.78. The Hall–Kier alpha value is -2.86. The van der Waals surface area contributed by atoms with Crippen LogP contribution >= 0.6 is 0 Å². The van der Waals surface area contributed by atoms with Gasteiger partial charge in [0.15, 0.2) is 5.69 Å². The van der Waals surface area contributed by atoms with Crippen molar-refractivity contribution < 1.29 is 9.53 Å². The van der Waals surface area contributed by atoms with E-state index in [0.717, 1.165) is 29.3 Å². The smallest absolute Gasteiger partial charge is 0.272 e. The van der Waals surface area contributed by atoms with Crippen LogP contribution in [0.25, 0.3) is 10.9 Å². The van der Waals surface area contributed by atoms with Crippen LogP contribution in [0.5, 0.6) is 5.75 Å². The summed E-state index contributed by atoms with van der Waals surface area (Å²) < 4.78 is 7.90. The number of nitrogens with one attached hydrogen (secondary N) is 1. The number of ether oxygens (including phenoxy) is 1. The molecule has 0 spiro atoms. The SMILES string of the molecule is CN1[C@@H]2CCC[C@H]1CC(NC(=O)c1nn(C)c3cccc(OCc4ccccc4)c13)C2. The lowest BCUT2D eigenvalue weighted by Gasteiger charge is -2.47. The van der Waals surface area contributed by atoms with Gasteiger partial charge in [-0.15, -0.1) is 0 Å². The van der Waals surface area contributed by atoms with E-state index in [1.54, 1.807) is 4.68 Å². The number of aromatic nitrogens is 2. The summed E-state index contributed by atoms with van der Waals surface area (Å²) >= 11 is 0. The average molecular weight is 419 g/mol. The Morgan fingerprint density at radius 3 is 2.55 bits per heavy atom. The fourth-order valence-electron chi connectivity index (χ4n) is 5.28. The van der Waals surface area contributed by atoms with E-state index in [4.69, 9.17) is 4.74 Å². The molecule has 1 unspecified atom stereocenters. The third-order valence-electron chi connectivity index (χ3n) is 6.97. The molecule has 2 aliphatic heterocycles. The monoisotopic (exact) mass is 418 g/mol. The number of carbonyl (C=O) groups excluding carboxylic acids is 1. The maximum atomic E-state index is 13.3. The van der Waals surface area contributed by atoms with Crippen molar-refractivity contribution in [2.24, 2.45) is 7.05 Å². The molecule has 162 valence electrons. The van der Waals surface area contributed by atoms with Gasteiger partial charge in [-0.1, -0.05) is 42.8 Å². The number of rotatable bonds is 5. The number of amides is 1. The molecule has 3 heterocycles. The molecule has 3 aromatic rings. The van der Waals surface area contributed by atoms with E-state index in [2.05, 4.69) is 22.4 Å². The van der Waals surface area contributed by atoms with Crippen molar-refractivity contribution in [1.82, 2.24) is 20.0 Å². The highest BCUT2D eigenvalue weighted by Crippen LogP contribution is 2.33. The van der Waals surface area contributed by atoms with Gasteiger partial charge in [-0.3, -0.25) is 9.48 Å². The number of aryl methyl sites for hydroxylation is 1. The maximum absolute atomic E-state index is 13.3. The predicted octanol–water partition coefficient (Wildman–Crippen LogP) is 3.90. The van der Waals surface area contributed by atoms with Gasteiger partial charge >= 0.3 is 0 Å². The summed E-state index contributed by atoms with van der Waals surface area (Å²) in [5.41, 5.74) is 2.44. The molecule has 6 nitrogen and oxygen atoms in total. The molecular formula is C25H30N4O2. The Kier molecular flexibility index (Phi) is 5.40. The zero-order chi connectivity index (χ0) is 21.4. The minimum absolute atomic E-state index is 0.103. The van der Waals surface area contributed by atoms with Crippen LogP contribution in [0.15, 0.2) is 48.5 Å². The van der Waals surface area contributed by atoms with Crippen molar-refractivity contribution in [3.8, 4) is 5.75 Å². The van der Waals surface area contributed by atoms with Gasteiger partial charge in [0.2, 0.25) is 0 Å². The topological polar surface area (TPSA) is 59.4 Å². The van der Waals surface area contributed by atoms with Crippen molar-refractivity contribution in [2.45, 2.75) is 56.8 Å². The van der Waals surface area contributed by atoms with Gasteiger partial charge in [0.25, 0.3) is 5.91 Å². The molecular weight excluding hydrogens is 388 g/mol. The minimum atomic E-state index is -0.103. The third-order valence-corrected chi connectivity index (χ3v) is 6.97. The summed E-state index contributed by atoms with van der Waals surface area (Å²) in [5.74, 6) is 0.592. The fraction of sp³-hybridized carbons (Fsp3) is 0.440. The van der Waals surface area contributed by atoms with Gasteiger partial charge in [-0.25, -0.2) is 0 Å². The van der Waals surface area contributed by atoms with Gasteiger partial charge in [-0.05, 0) is 50.4 Å². The van der Waals surface area contributed by atoms with Crippen molar-refractivity contribution >= 4 is 16.8 Å². The molecule has 2 aromatic carbocycles. The summed E-state index contributed by atoms with van der Waals surface area (Å²) in [7, 11) is 4.11. The second-order valence-electron chi connectivity index (χ2n) is 8.94. The molecule has 6 heteroatoms. The highest BCUT2D eigenvalue weighted by Gasteiger charge is 2.37. The van der Waals surface area contributed by atoms with E-state index >= 15 is 0 Å². The van der Waals surface area contributed by atoms with Gasteiger partial charge in [0.1, 0.15) is 12.4 Å². The van der Waals surface area contributed by atoms with Crippen molar-refractivity contribution in [2.75, 3.05) is 7.05 Å². The Balaban J connectivity index is 1.38. The Morgan fingerprint density at radius 2 is 1.81 bits per heavy atom. The van der Waals surface area contributed by atoms with Gasteiger partial charge in [0, 0.05) is 25.2 Å². The van der Waals surface area contributed by atoms with Crippen LogP contribution in [0.4, 0.5) is 0 Å². The van der Waals surface area contributed by atoms with E-state index in [0.29, 0.717) is 30.1 Å². The van der Waals surface area contributed by atoms with Crippen LogP contribution < -0.4 is 10.1 Å². The van der Waals surface area contributed by atoms with Crippen LogP contribution in [0, 0.1) is 0 Å².